The summed E-state index contributed by atoms with van der Waals surface area (Å²) in [6.07, 6.45) is 1.88. The lowest BCUT2D eigenvalue weighted by Crippen LogP contribution is -2.26. The van der Waals surface area contributed by atoms with Crippen LogP contribution < -0.4 is 11.1 Å². The molecule has 0 aliphatic heterocycles. The third-order valence-electron chi connectivity index (χ3n) is 1.69. The molecule has 0 amide bonds. The van der Waals surface area contributed by atoms with E-state index in [4.69, 9.17) is 5.73 Å². The summed E-state index contributed by atoms with van der Waals surface area (Å²) in [5, 5.41) is 11.1. The number of nitrogens with two attached hydrogens (primary N) is 1. The Balaban J connectivity index is 2.28. The Bertz CT molecular complexity index is 242. The highest BCUT2D eigenvalue weighted by Gasteiger charge is 1.97. The molecule has 0 saturated carbocycles. The van der Waals surface area contributed by atoms with Gasteiger partial charge in [-0.1, -0.05) is 19.1 Å². The Morgan fingerprint density at radius 2 is 2.38 bits per heavy atom. The molecule has 74 valence electrons. The molecule has 0 unspecified atom stereocenters. The molecule has 13 heavy (non-hydrogen) atoms. The maximum absolute atomic E-state index is 5.41. The number of hydrogen-bond donors (Lipinski definition) is 2. The van der Waals surface area contributed by atoms with Crippen molar-refractivity contribution in [3.8, 4) is 0 Å². The smallest absolute Gasteiger partial charge is 0.0962 e. The zero-order chi connectivity index (χ0) is 9.68. The lowest BCUT2D eigenvalue weighted by Gasteiger charge is -2.06. The van der Waals surface area contributed by atoms with E-state index in [1.807, 2.05) is 6.20 Å². The van der Waals surface area contributed by atoms with E-state index in [1.54, 1.807) is 4.68 Å². The van der Waals surface area contributed by atoms with E-state index in [2.05, 4.69) is 29.5 Å². The number of hydrogen-bond acceptors (Lipinski definition) is 4. The zero-order valence-electron chi connectivity index (χ0n) is 8.20. The molecular formula is C8H17N5. The molecule has 0 fully saturated rings. The first-order valence-corrected chi connectivity index (χ1v) is 4.55. The second-order valence-electron chi connectivity index (χ2n) is 3.29. The van der Waals surface area contributed by atoms with E-state index in [0.717, 1.165) is 18.8 Å². The molecule has 0 spiro atoms. The third-order valence-corrected chi connectivity index (χ3v) is 1.69. The van der Waals surface area contributed by atoms with Crippen LogP contribution in [0.15, 0.2) is 6.20 Å². The van der Waals surface area contributed by atoms with Crippen LogP contribution >= 0.6 is 0 Å². The average molecular weight is 183 g/mol. The first-order chi connectivity index (χ1) is 6.22. The molecule has 3 N–H and O–H groups in total. The van der Waals surface area contributed by atoms with Gasteiger partial charge >= 0.3 is 0 Å². The van der Waals surface area contributed by atoms with Crippen LogP contribution in [0.2, 0.25) is 0 Å². The van der Waals surface area contributed by atoms with Crippen LogP contribution in [0.5, 0.6) is 0 Å². The van der Waals surface area contributed by atoms with Crippen LogP contribution in [0, 0.1) is 0 Å². The minimum absolute atomic E-state index is 0.456. The van der Waals surface area contributed by atoms with Crippen molar-refractivity contribution in [2.45, 2.75) is 33.0 Å². The third kappa shape index (κ3) is 3.52. The molecule has 5 heteroatoms. The van der Waals surface area contributed by atoms with Gasteiger partial charge in [-0.2, -0.15) is 0 Å². The molecule has 0 atom stereocenters. The van der Waals surface area contributed by atoms with E-state index < -0.39 is 0 Å². The van der Waals surface area contributed by atoms with Crippen molar-refractivity contribution in [3.63, 3.8) is 0 Å². The van der Waals surface area contributed by atoms with Crippen molar-refractivity contribution >= 4 is 0 Å². The summed E-state index contributed by atoms with van der Waals surface area (Å²) in [5.41, 5.74) is 6.25. The van der Waals surface area contributed by atoms with Gasteiger partial charge in [0.05, 0.1) is 12.2 Å². The summed E-state index contributed by atoms with van der Waals surface area (Å²) < 4.78 is 1.80. The quantitative estimate of drug-likeness (QED) is 0.659. The standard InChI is InChI=1S/C8H17N5/c1-7(2)10-3-4-13-6-8(5-9)11-12-13/h6-7,10H,3-5,9H2,1-2H3. The van der Waals surface area contributed by atoms with Crippen LogP contribution in [-0.2, 0) is 13.1 Å². The number of aromatic nitrogens is 3. The van der Waals surface area contributed by atoms with Crippen LogP contribution in [0.1, 0.15) is 19.5 Å². The van der Waals surface area contributed by atoms with Gasteiger partial charge < -0.3 is 11.1 Å². The molecule has 0 saturated heterocycles. The van der Waals surface area contributed by atoms with Crippen molar-refractivity contribution in [2.24, 2.45) is 5.73 Å². The first kappa shape index (κ1) is 10.1. The molecule has 1 aromatic rings. The van der Waals surface area contributed by atoms with Crippen LogP contribution in [0.3, 0.4) is 0 Å². The molecular weight excluding hydrogens is 166 g/mol. The second kappa shape index (κ2) is 4.94. The van der Waals surface area contributed by atoms with Crippen LogP contribution in [0.25, 0.3) is 0 Å². The molecule has 0 aromatic carbocycles. The van der Waals surface area contributed by atoms with Gasteiger partial charge in [0.2, 0.25) is 0 Å². The summed E-state index contributed by atoms with van der Waals surface area (Å²) in [4.78, 5) is 0. The van der Waals surface area contributed by atoms with Crippen LogP contribution in [-0.4, -0.2) is 27.6 Å². The number of rotatable bonds is 5. The highest BCUT2D eigenvalue weighted by atomic mass is 15.4. The maximum Gasteiger partial charge on any atom is 0.0962 e. The molecule has 0 aliphatic carbocycles. The zero-order valence-corrected chi connectivity index (χ0v) is 8.20. The van der Waals surface area contributed by atoms with Crippen molar-refractivity contribution in [1.29, 1.82) is 0 Å². The highest BCUT2D eigenvalue weighted by molar-refractivity contribution is 4.90. The Morgan fingerprint density at radius 1 is 1.62 bits per heavy atom. The summed E-state index contributed by atoms with van der Waals surface area (Å²) in [7, 11) is 0. The van der Waals surface area contributed by atoms with E-state index in [9.17, 15) is 0 Å². The summed E-state index contributed by atoms with van der Waals surface area (Å²) in [6.45, 7) is 6.44. The molecule has 5 nitrogen and oxygen atoms in total. The van der Waals surface area contributed by atoms with Crippen molar-refractivity contribution < 1.29 is 0 Å². The van der Waals surface area contributed by atoms with Crippen LogP contribution in [0.4, 0.5) is 0 Å². The van der Waals surface area contributed by atoms with E-state index >= 15 is 0 Å². The molecule has 1 aromatic heterocycles. The number of nitrogens with one attached hydrogen (secondary N) is 1. The SMILES string of the molecule is CC(C)NCCn1cc(CN)nn1. The van der Waals surface area contributed by atoms with Crippen molar-refractivity contribution in [2.75, 3.05) is 6.54 Å². The van der Waals surface area contributed by atoms with Crippen molar-refractivity contribution in [1.82, 2.24) is 20.3 Å². The Labute approximate surface area is 78.3 Å². The highest BCUT2D eigenvalue weighted by Crippen LogP contribution is 1.90. The van der Waals surface area contributed by atoms with Gasteiger partial charge in [-0.3, -0.25) is 4.68 Å². The summed E-state index contributed by atoms with van der Waals surface area (Å²) in [6, 6.07) is 0.512. The molecule has 0 aliphatic rings. The fourth-order valence-electron chi connectivity index (χ4n) is 1.01. The summed E-state index contributed by atoms with van der Waals surface area (Å²) >= 11 is 0. The largest absolute Gasteiger partial charge is 0.325 e. The normalized spacial score (nSPS) is 11.1. The van der Waals surface area contributed by atoms with Gasteiger partial charge in [0, 0.05) is 25.3 Å². The Hall–Kier alpha value is -0.940. The predicted octanol–water partition coefficient (Wildman–Crippen LogP) is -0.265. The molecule has 0 radical (unpaired) electrons. The molecule has 0 bridgehead atoms. The molecule has 1 rings (SSSR count). The van der Waals surface area contributed by atoms with E-state index in [-0.39, 0.29) is 0 Å². The molecule has 1 heterocycles. The Morgan fingerprint density at radius 3 is 2.92 bits per heavy atom. The fourth-order valence-corrected chi connectivity index (χ4v) is 1.01. The van der Waals surface area contributed by atoms with Gasteiger partial charge in [-0.05, 0) is 0 Å². The fraction of sp³-hybridized carbons (Fsp3) is 0.750. The second-order valence-corrected chi connectivity index (χ2v) is 3.29. The first-order valence-electron chi connectivity index (χ1n) is 4.55. The van der Waals surface area contributed by atoms with Gasteiger partial charge in [-0.25, -0.2) is 0 Å². The minimum atomic E-state index is 0.456. The lowest BCUT2D eigenvalue weighted by molar-refractivity contribution is 0.506. The van der Waals surface area contributed by atoms with E-state index in [1.165, 1.54) is 0 Å². The topological polar surface area (TPSA) is 68.8 Å². The maximum atomic E-state index is 5.41. The van der Waals surface area contributed by atoms with Gasteiger partial charge in [0.15, 0.2) is 0 Å². The summed E-state index contributed by atoms with van der Waals surface area (Å²) in [5.74, 6) is 0. The van der Waals surface area contributed by atoms with Gasteiger partial charge in [-0.15, -0.1) is 5.10 Å². The van der Waals surface area contributed by atoms with Gasteiger partial charge in [0.25, 0.3) is 0 Å². The monoisotopic (exact) mass is 183 g/mol. The predicted molar refractivity (Wildman–Crippen MR) is 51.1 cm³/mol. The van der Waals surface area contributed by atoms with Gasteiger partial charge in [0.1, 0.15) is 0 Å². The lowest BCUT2D eigenvalue weighted by atomic mass is 10.4. The Kier molecular flexibility index (Phi) is 3.85. The average Bonchev–Trinajstić information content (AvgIpc) is 2.52. The van der Waals surface area contributed by atoms with Crippen molar-refractivity contribution in [3.05, 3.63) is 11.9 Å². The number of nitrogens with zero attached hydrogens (tertiary/aromatic N) is 3. The van der Waals surface area contributed by atoms with E-state index in [0.29, 0.717) is 12.6 Å². The minimum Gasteiger partial charge on any atom is -0.325 e.